The molecule has 0 amide bonds. The van der Waals surface area contributed by atoms with Gasteiger partial charge in [0.05, 0.1) is 26.9 Å². The Morgan fingerprint density at radius 3 is 2.84 bits per heavy atom. The zero-order chi connectivity index (χ0) is 14.0. The maximum atomic E-state index is 13.6. The average Bonchev–Trinajstić information content (AvgIpc) is 2.74. The lowest BCUT2D eigenvalue weighted by Crippen LogP contribution is -2.19. The number of hydrogen-bond acceptors (Lipinski definition) is 2. The second kappa shape index (κ2) is 6.15. The maximum absolute atomic E-state index is 13.6. The van der Waals surface area contributed by atoms with E-state index < -0.39 is 6.04 Å². The summed E-state index contributed by atoms with van der Waals surface area (Å²) >= 11 is 6.71. The van der Waals surface area contributed by atoms with Crippen LogP contribution in [-0.2, 0) is 6.54 Å². The van der Waals surface area contributed by atoms with E-state index in [1.54, 1.807) is 12.3 Å². The fourth-order valence-corrected chi connectivity index (χ4v) is 3.03. The highest BCUT2D eigenvalue weighted by Gasteiger charge is 2.21. The first-order chi connectivity index (χ1) is 9.06. The third kappa shape index (κ3) is 2.90. The lowest BCUT2D eigenvalue weighted by molar-refractivity contribution is 0.555. The van der Waals surface area contributed by atoms with Gasteiger partial charge in [0.25, 0.3) is 0 Å². The van der Waals surface area contributed by atoms with E-state index in [0.717, 1.165) is 23.1 Å². The molecule has 1 heterocycles. The molecule has 2 aromatic rings. The van der Waals surface area contributed by atoms with Crippen LogP contribution in [0.2, 0.25) is 0 Å². The predicted octanol–water partition coefficient (Wildman–Crippen LogP) is 4.01. The molecule has 1 atom stereocenters. The molecule has 0 bridgehead atoms. The van der Waals surface area contributed by atoms with Crippen molar-refractivity contribution in [3.63, 3.8) is 0 Å². The van der Waals surface area contributed by atoms with E-state index >= 15 is 0 Å². The summed E-state index contributed by atoms with van der Waals surface area (Å²) in [6, 6.07) is 4.43. The van der Waals surface area contributed by atoms with E-state index in [1.165, 1.54) is 6.07 Å². The molecule has 1 unspecified atom stereocenters. The maximum Gasteiger partial charge on any atom is 0.137 e. The summed E-state index contributed by atoms with van der Waals surface area (Å²) in [5.74, 6) is -0.314. The Balaban J connectivity index is 2.46. The van der Waals surface area contributed by atoms with Crippen LogP contribution in [0.4, 0.5) is 4.39 Å². The van der Waals surface area contributed by atoms with Crippen molar-refractivity contribution in [1.82, 2.24) is 9.78 Å². The van der Waals surface area contributed by atoms with Gasteiger partial charge in [-0.2, -0.15) is 5.10 Å². The molecule has 0 saturated carbocycles. The van der Waals surface area contributed by atoms with Crippen LogP contribution < -0.4 is 5.73 Å². The first-order valence-electron chi connectivity index (χ1n) is 5.97. The van der Waals surface area contributed by atoms with E-state index in [4.69, 9.17) is 5.73 Å². The van der Waals surface area contributed by atoms with Crippen LogP contribution in [0.15, 0.2) is 33.3 Å². The minimum atomic E-state index is -0.437. The van der Waals surface area contributed by atoms with Gasteiger partial charge in [-0.1, -0.05) is 19.1 Å². The van der Waals surface area contributed by atoms with Gasteiger partial charge in [-0.25, -0.2) is 4.39 Å². The van der Waals surface area contributed by atoms with Crippen molar-refractivity contribution < 1.29 is 4.39 Å². The molecule has 19 heavy (non-hydrogen) atoms. The number of nitrogens with zero attached hydrogens (tertiary/aromatic N) is 2. The summed E-state index contributed by atoms with van der Waals surface area (Å²) in [6.07, 6.45) is 2.68. The molecule has 0 aliphatic carbocycles. The summed E-state index contributed by atoms with van der Waals surface area (Å²) in [4.78, 5) is 0. The number of nitrogens with two attached hydrogens (primary N) is 1. The van der Waals surface area contributed by atoms with Gasteiger partial charge >= 0.3 is 0 Å². The second-order valence-corrected chi connectivity index (χ2v) is 5.87. The van der Waals surface area contributed by atoms with Crippen LogP contribution >= 0.6 is 31.9 Å². The van der Waals surface area contributed by atoms with E-state index in [0.29, 0.717) is 10.0 Å². The van der Waals surface area contributed by atoms with Crippen LogP contribution in [0, 0.1) is 5.82 Å². The number of aryl methyl sites for hydroxylation is 1. The zero-order valence-electron chi connectivity index (χ0n) is 10.4. The van der Waals surface area contributed by atoms with Gasteiger partial charge < -0.3 is 5.73 Å². The largest absolute Gasteiger partial charge is 0.319 e. The Hall–Kier alpha value is -0.720. The highest BCUT2D eigenvalue weighted by atomic mass is 79.9. The van der Waals surface area contributed by atoms with Crippen LogP contribution in [-0.4, -0.2) is 9.78 Å². The van der Waals surface area contributed by atoms with Crippen molar-refractivity contribution in [3.05, 3.63) is 50.4 Å². The van der Waals surface area contributed by atoms with Gasteiger partial charge in [-0.15, -0.1) is 0 Å². The monoisotopic (exact) mass is 389 g/mol. The van der Waals surface area contributed by atoms with E-state index in [-0.39, 0.29) is 5.82 Å². The summed E-state index contributed by atoms with van der Waals surface area (Å²) in [6.45, 7) is 2.85. The Morgan fingerprint density at radius 2 is 2.16 bits per heavy atom. The molecule has 0 radical (unpaired) electrons. The minimum Gasteiger partial charge on any atom is -0.319 e. The van der Waals surface area contributed by atoms with Crippen molar-refractivity contribution in [2.24, 2.45) is 5.73 Å². The Morgan fingerprint density at radius 1 is 1.42 bits per heavy atom. The quantitative estimate of drug-likeness (QED) is 0.857. The molecule has 6 heteroatoms. The topological polar surface area (TPSA) is 43.8 Å². The Bertz CT molecular complexity index is 583. The average molecular weight is 391 g/mol. The first kappa shape index (κ1) is 14.7. The molecule has 0 spiro atoms. The number of hydrogen-bond donors (Lipinski definition) is 1. The van der Waals surface area contributed by atoms with Gasteiger partial charge in [0.2, 0.25) is 0 Å². The van der Waals surface area contributed by atoms with Gasteiger partial charge in [-0.3, -0.25) is 4.68 Å². The van der Waals surface area contributed by atoms with Gasteiger partial charge in [0.1, 0.15) is 5.82 Å². The number of halogens is 3. The highest BCUT2D eigenvalue weighted by Crippen LogP contribution is 2.32. The van der Waals surface area contributed by atoms with Crippen LogP contribution in [0.5, 0.6) is 0 Å². The lowest BCUT2D eigenvalue weighted by Gasteiger charge is -2.17. The molecule has 2 rings (SSSR count). The predicted molar refractivity (Wildman–Crippen MR) is 80.3 cm³/mol. The number of rotatable bonds is 4. The lowest BCUT2D eigenvalue weighted by atomic mass is 10.0. The summed E-state index contributed by atoms with van der Waals surface area (Å²) < 4.78 is 16.7. The smallest absolute Gasteiger partial charge is 0.137 e. The molecule has 2 N–H and O–H groups in total. The highest BCUT2D eigenvalue weighted by molar-refractivity contribution is 9.10. The molecule has 0 aliphatic rings. The summed E-state index contributed by atoms with van der Waals surface area (Å²) in [5.41, 5.74) is 7.84. The van der Waals surface area contributed by atoms with E-state index in [9.17, 15) is 4.39 Å². The number of benzene rings is 1. The fraction of sp³-hybridized carbons (Fsp3) is 0.308. The minimum absolute atomic E-state index is 0.314. The van der Waals surface area contributed by atoms with Crippen molar-refractivity contribution in [2.45, 2.75) is 25.9 Å². The van der Waals surface area contributed by atoms with Crippen molar-refractivity contribution in [1.29, 1.82) is 0 Å². The van der Waals surface area contributed by atoms with Gasteiger partial charge in [0.15, 0.2) is 0 Å². The molecule has 0 saturated heterocycles. The third-order valence-corrected chi connectivity index (χ3v) is 4.33. The normalized spacial score (nSPS) is 12.7. The molecule has 102 valence electrons. The van der Waals surface area contributed by atoms with Crippen LogP contribution in [0.3, 0.4) is 0 Å². The zero-order valence-corrected chi connectivity index (χ0v) is 13.6. The summed E-state index contributed by atoms with van der Waals surface area (Å²) in [7, 11) is 0. The first-order valence-corrected chi connectivity index (χ1v) is 7.55. The Labute approximate surface area is 128 Å². The van der Waals surface area contributed by atoms with E-state index in [1.807, 2.05) is 10.7 Å². The molecule has 0 aliphatic heterocycles. The van der Waals surface area contributed by atoms with Crippen molar-refractivity contribution in [2.75, 3.05) is 0 Å². The van der Waals surface area contributed by atoms with Gasteiger partial charge in [0, 0.05) is 6.54 Å². The fourth-order valence-electron chi connectivity index (χ4n) is 1.98. The number of aromatic nitrogens is 2. The van der Waals surface area contributed by atoms with Gasteiger partial charge in [-0.05, 0) is 49.9 Å². The molecular formula is C13H14Br2FN3. The standard InChI is InChI=1S/C13H14Br2FN3/c1-2-6-19-13(9(14)7-18-19)12(17)8-4-3-5-10(16)11(8)15/h3-5,7,12H,2,6,17H2,1H3. The van der Waals surface area contributed by atoms with Crippen molar-refractivity contribution >= 4 is 31.9 Å². The van der Waals surface area contributed by atoms with Crippen LogP contribution in [0.25, 0.3) is 0 Å². The molecular weight excluding hydrogens is 377 g/mol. The molecule has 0 fully saturated rings. The molecule has 1 aromatic carbocycles. The third-order valence-electron chi connectivity index (χ3n) is 2.88. The SMILES string of the molecule is CCCn1ncc(Br)c1C(N)c1cccc(F)c1Br. The van der Waals surface area contributed by atoms with E-state index in [2.05, 4.69) is 43.9 Å². The second-order valence-electron chi connectivity index (χ2n) is 4.22. The van der Waals surface area contributed by atoms with Crippen LogP contribution in [0.1, 0.15) is 30.6 Å². The molecule has 1 aromatic heterocycles. The Kier molecular flexibility index (Phi) is 4.76. The molecule has 3 nitrogen and oxygen atoms in total. The van der Waals surface area contributed by atoms with Crippen molar-refractivity contribution in [3.8, 4) is 0 Å². The summed E-state index contributed by atoms with van der Waals surface area (Å²) in [5, 5.41) is 4.28.